The van der Waals surface area contributed by atoms with Gasteiger partial charge in [-0.3, -0.25) is 19.9 Å². The largest absolute Gasteiger partial charge is 0.496 e. The van der Waals surface area contributed by atoms with Crippen LogP contribution >= 0.6 is 11.3 Å². The molecule has 1 aromatic carbocycles. The molecule has 0 saturated heterocycles. The van der Waals surface area contributed by atoms with Crippen molar-refractivity contribution >= 4 is 28.3 Å². The van der Waals surface area contributed by atoms with Gasteiger partial charge in [0.2, 0.25) is 5.91 Å². The van der Waals surface area contributed by atoms with Gasteiger partial charge in [0, 0.05) is 28.9 Å². The normalized spacial score (nSPS) is 18.4. The van der Waals surface area contributed by atoms with Crippen molar-refractivity contribution < 1.29 is 14.3 Å². The molecule has 8 nitrogen and oxygen atoms in total. The van der Waals surface area contributed by atoms with E-state index in [4.69, 9.17) is 4.74 Å². The van der Waals surface area contributed by atoms with Gasteiger partial charge in [0.1, 0.15) is 5.75 Å². The predicted octanol–water partition coefficient (Wildman–Crippen LogP) is 4.53. The number of aryl methyl sites for hydroxylation is 1. The summed E-state index contributed by atoms with van der Waals surface area (Å²) in [7, 11) is 1.55. The second-order valence-corrected chi connectivity index (χ2v) is 10.3. The van der Waals surface area contributed by atoms with Crippen LogP contribution in [-0.2, 0) is 17.9 Å². The lowest BCUT2D eigenvalue weighted by molar-refractivity contribution is -0.140. The second kappa shape index (κ2) is 9.12. The highest BCUT2D eigenvalue weighted by Gasteiger charge is 2.37. The van der Waals surface area contributed by atoms with Gasteiger partial charge in [0.05, 0.1) is 48.0 Å². The predicted molar refractivity (Wildman–Crippen MR) is 132 cm³/mol. The molecule has 1 aliphatic heterocycles. The Balaban J connectivity index is 1.36. The molecule has 1 saturated carbocycles. The Morgan fingerprint density at radius 3 is 2.71 bits per heavy atom. The molecular formula is C26H25N5O3S. The number of hydrogen-bond donors (Lipinski definition) is 1. The first-order chi connectivity index (χ1) is 16.9. The van der Waals surface area contributed by atoms with E-state index < -0.39 is 0 Å². The minimum atomic E-state index is -0.347. The molecule has 0 unspecified atom stereocenters. The van der Waals surface area contributed by atoms with Crippen LogP contribution in [0.3, 0.4) is 0 Å². The van der Waals surface area contributed by atoms with Crippen LogP contribution in [0.4, 0.5) is 5.13 Å². The summed E-state index contributed by atoms with van der Waals surface area (Å²) < 4.78 is 5.49. The van der Waals surface area contributed by atoms with Crippen LogP contribution in [0.15, 0.2) is 30.5 Å². The van der Waals surface area contributed by atoms with Gasteiger partial charge >= 0.3 is 0 Å². The summed E-state index contributed by atoms with van der Waals surface area (Å²) >= 11 is 1.40. The Morgan fingerprint density at radius 1 is 1.23 bits per heavy atom. The molecule has 1 fully saturated rings. The fourth-order valence-electron chi connectivity index (χ4n) is 4.73. The number of rotatable bonds is 5. The number of fused-ring (bicyclic) bond motifs is 1. The maximum Gasteiger partial charge on any atom is 0.259 e. The van der Waals surface area contributed by atoms with Gasteiger partial charge in [-0.1, -0.05) is 18.3 Å². The Bertz CT molecular complexity index is 1350. The monoisotopic (exact) mass is 487 g/mol. The van der Waals surface area contributed by atoms with Crippen molar-refractivity contribution in [2.24, 2.45) is 11.8 Å². The summed E-state index contributed by atoms with van der Waals surface area (Å²) in [5, 5.41) is 12.7. The number of carbonyl (C=O) groups is 2. The summed E-state index contributed by atoms with van der Waals surface area (Å²) in [6.45, 7) is 5.05. The third-order valence-corrected chi connectivity index (χ3v) is 7.61. The van der Waals surface area contributed by atoms with Gasteiger partial charge in [-0.25, -0.2) is 4.98 Å². The van der Waals surface area contributed by atoms with Gasteiger partial charge in [0.15, 0.2) is 5.13 Å². The second-order valence-electron chi connectivity index (χ2n) is 9.21. The average Bonchev–Trinajstić information content (AvgIpc) is 3.39. The highest BCUT2D eigenvalue weighted by molar-refractivity contribution is 7.16. The molecule has 0 atom stereocenters. The average molecular weight is 488 g/mol. The van der Waals surface area contributed by atoms with E-state index >= 15 is 0 Å². The summed E-state index contributed by atoms with van der Waals surface area (Å²) in [6, 6.07) is 9.03. The smallest absolute Gasteiger partial charge is 0.259 e. The zero-order valence-electron chi connectivity index (χ0n) is 19.8. The number of thiazole rings is 1. The number of aromatic nitrogens is 2. The number of nitriles is 1. The topological polar surface area (TPSA) is 108 Å². The first-order valence-corrected chi connectivity index (χ1v) is 12.3. The molecule has 1 N–H and O–H groups in total. The van der Waals surface area contributed by atoms with Crippen molar-refractivity contribution in [3.05, 3.63) is 57.9 Å². The summed E-state index contributed by atoms with van der Waals surface area (Å²) in [5.41, 5.74) is 3.67. The van der Waals surface area contributed by atoms with E-state index in [9.17, 15) is 14.9 Å². The molecule has 0 spiro atoms. The van der Waals surface area contributed by atoms with Crippen LogP contribution in [0.5, 0.6) is 5.75 Å². The number of methoxy groups -OCH3 is 1. The quantitative estimate of drug-likeness (QED) is 0.566. The molecule has 2 aromatic heterocycles. The van der Waals surface area contributed by atoms with E-state index in [-0.39, 0.29) is 17.7 Å². The molecule has 2 aliphatic rings. The van der Waals surface area contributed by atoms with Crippen LogP contribution < -0.4 is 10.1 Å². The lowest BCUT2D eigenvalue weighted by Crippen LogP contribution is -2.38. The van der Waals surface area contributed by atoms with Crippen molar-refractivity contribution in [3.63, 3.8) is 0 Å². The standard InChI is InChI=1S/C26H25N5O3S/c1-14-6-17(7-14)25(33)31-12-21-23(13-31)35-26(29-21)30-24(32)20-11-28-15(2)8-18(20)19-9-16(10-27)4-5-22(19)34-3/h4-5,8-9,11,14,17H,6-7,12-13H2,1-3H3,(H,29,30,32). The zero-order valence-corrected chi connectivity index (χ0v) is 20.6. The molecule has 0 radical (unpaired) electrons. The van der Waals surface area contributed by atoms with Crippen LogP contribution in [0, 0.1) is 30.1 Å². The highest BCUT2D eigenvalue weighted by Crippen LogP contribution is 2.38. The van der Waals surface area contributed by atoms with Gasteiger partial charge in [-0.15, -0.1) is 0 Å². The van der Waals surface area contributed by atoms with E-state index in [2.05, 4.69) is 28.3 Å². The first kappa shape index (κ1) is 23.0. The summed E-state index contributed by atoms with van der Waals surface area (Å²) in [6.07, 6.45) is 3.46. The van der Waals surface area contributed by atoms with Gasteiger partial charge in [0.25, 0.3) is 5.91 Å². The fourth-order valence-corrected chi connectivity index (χ4v) is 5.71. The van der Waals surface area contributed by atoms with E-state index in [1.165, 1.54) is 17.5 Å². The molecule has 5 rings (SSSR count). The van der Waals surface area contributed by atoms with Crippen molar-refractivity contribution in [2.75, 3.05) is 12.4 Å². The fraction of sp³-hybridized carbons (Fsp3) is 0.346. The third kappa shape index (κ3) is 4.37. The maximum absolute atomic E-state index is 13.3. The first-order valence-electron chi connectivity index (χ1n) is 11.5. The minimum Gasteiger partial charge on any atom is -0.496 e. The summed E-state index contributed by atoms with van der Waals surface area (Å²) in [4.78, 5) is 37.7. The number of pyridine rings is 1. The zero-order chi connectivity index (χ0) is 24.7. The lowest BCUT2D eigenvalue weighted by Gasteiger charge is -2.34. The Hall–Kier alpha value is -3.77. The van der Waals surface area contributed by atoms with Crippen molar-refractivity contribution in [1.82, 2.24) is 14.9 Å². The highest BCUT2D eigenvalue weighted by atomic mass is 32.1. The number of anilines is 1. The Morgan fingerprint density at radius 2 is 2.03 bits per heavy atom. The molecule has 3 aromatic rings. The van der Waals surface area contributed by atoms with Gasteiger partial charge in [-0.05, 0) is 49.9 Å². The van der Waals surface area contributed by atoms with Gasteiger partial charge in [-0.2, -0.15) is 5.26 Å². The number of nitrogens with one attached hydrogen (secondary N) is 1. The van der Waals surface area contributed by atoms with Crippen LogP contribution in [0.25, 0.3) is 11.1 Å². The van der Waals surface area contributed by atoms with E-state index in [0.29, 0.717) is 52.1 Å². The van der Waals surface area contributed by atoms with Gasteiger partial charge < -0.3 is 9.64 Å². The van der Waals surface area contributed by atoms with Crippen molar-refractivity contribution in [2.45, 2.75) is 39.8 Å². The Kier molecular flexibility index (Phi) is 5.99. The summed E-state index contributed by atoms with van der Waals surface area (Å²) in [5.74, 6) is 1.19. The van der Waals surface area contributed by atoms with Crippen LogP contribution in [0.2, 0.25) is 0 Å². The van der Waals surface area contributed by atoms with E-state index in [1.54, 1.807) is 31.4 Å². The molecule has 2 amide bonds. The third-order valence-electron chi connectivity index (χ3n) is 6.61. The molecule has 9 heteroatoms. The lowest BCUT2D eigenvalue weighted by atomic mass is 9.75. The van der Waals surface area contributed by atoms with Crippen molar-refractivity contribution in [1.29, 1.82) is 5.26 Å². The molecular weight excluding hydrogens is 462 g/mol. The number of amides is 2. The maximum atomic E-state index is 13.3. The number of ether oxygens (including phenoxy) is 1. The molecule has 1 aliphatic carbocycles. The number of benzene rings is 1. The SMILES string of the molecule is COc1ccc(C#N)cc1-c1cc(C)ncc1C(=O)Nc1nc2c(s1)CN(C(=O)C1CC(C)C1)C2. The van der Waals surface area contributed by atoms with Crippen LogP contribution in [0.1, 0.15) is 52.0 Å². The number of hydrogen-bond acceptors (Lipinski definition) is 7. The molecule has 0 bridgehead atoms. The molecule has 178 valence electrons. The van der Waals surface area contributed by atoms with E-state index in [1.807, 2.05) is 11.8 Å². The Labute approximate surface area is 207 Å². The molecule has 3 heterocycles. The van der Waals surface area contributed by atoms with E-state index in [0.717, 1.165) is 29.1 Å². The number of carbonyl (C=O) groups excluding carboxylic acids is 2. The number of nitrogens with zero attached hydrogens (tertiary/aromatic N) is 4. The minimum absolute atomic E-state index is 0.141. The molecule has 35 heavy (non-hydrogen) atoms. The van der Waals surface area contributed by atoms with Crippen LogP contribution in [-0.4, -0.2) is 33.8 Å². The van der Waals surface area contributed by atoms with Crippen molar-refractivity contribution in [3.8, 4) is 22.9 Å².